The van der Waals surface area contributed by atoms with Gasteiger partial charge in [0.05, 0.1) is 22.4 Å². The predicted octanol–water partition coefficient (Wildman–Crippen LogP) is 4.44. The Morgan fingerprint density at radius 2 is 1.62 bits per heavy atom. The SMILES string of the molecule is CCS(=O)(=O)Nc1ccc(C2=NN(S(=O)(=O)c3ccc(C)cc3)[C@@H](c3ccccc3F)C2)cc1. The summed E-state index contributed by atoms with van der Waals surface area (Å²) in [5, 5.41) is 4.40. The van der Waals surface area contributed by atoms with Crippen LogP contribution in [0.3, 0.4) is 0 Å². The molecule has 1 aliphatic rings. The second kappa shape index (κ2) is 9.19. The van der Waals surface area contributed by atoms with E-state index in [1.54, 1.807) is 54.6 Å². The molecule has 0 aliphatic carbocycles. The number of nitrogens with zero attached hydrogens (tertiary/aromatic N) is 2. The minimum atomic E-state index is -4.06. The molecule has 0 saturated carbocycles. The Hall–Kier alpha value is -3.24. The molecule has 7 nitrogen and oxygen atoms in total. The van der Waals surface area contributed by atoms with Gasteiger partial charge in [0.15, 0.2) is 0 Å². The van der Waals surface area contributed by atoms with Crippen molar-refractivity contribution in [2.24, 2.45) is 5.10 Å². The predicted molar refractivity (Wildman–Crippen MR) is 130 cm³/mol. The molecule has 0 unspecified atom stereocenters. The molecule has 3 aromatic rings. The monoisotopic (exact) mass is 501 g/mol. The normalized spacial score (nSPS) is 16.4. The van der Waals surface area contributed by atoms with Gasteiger partial charge < -0.3 is 0 Å². The minimum absolute atomic E-state index is 0.0579. The Balaban J connectivity index is 1.73. The molecular weight excluding hydrogens is 477 g/mol. The van der Waals surface area contributed by atoms with Gasteiger partial charge in [0.2, 0.25) is 10.0 Å². The number of hydrazone groups is 1. The van der Waals surface area contributed by atoms with Crippen molar-refractivity contribution in [2.45, 2.75) is 31.2 Å². The second-order valence-corrected chi connectivity index (χ2v) is 11.8. The number of hydrogen-bond donors (Lipinski definition) is 1. The third-order valence-electron chi connectivity index (χ3n) is 5.57. The van der Waals surface area contributed by atoms with E-state index < -0.39 is 31.9 Å². The molecule has 1 N–H and O–H groups in total. The van der Waals surface area contributed by atoms with Gasteiger partial charge in [-0.3, -0.25) is 4.72 Å². The van der Waals surface area contributed by atoms with Crippen LogP contribution in [-0.4, -0.2) is 32.7 Å². The van der Waals surface area contributed by atoms with Gasteiger partial charge in [-0.05, 0) is 49.7 Å². The number of hydrogen-bond acceptors (Lipinski definition) is 5. The van der Waals surface area contributed by atoms with E-state index in [-0.39, 0.29) is 22.6 Å². The van der Waals surface area contributed by atoms with Gasteiger partial charge in [0.25, 0.3) is 10.0 Å². The first-order chi connectivity index (χ1) is 16.1. The molecule has 0 radical (unpaired) electrons. The van der Waals surface area contributed by atoms with Gasteiger partial charge in [0.1, 0.15) is 5.82 Å². The zero-order chi connectivity index (χ0) is 24.5. The number of benzene rings is 3. The van der Waals surface area contributed by atoms with Gasteiger partial charge in [0, 0.05) is 17.7 Å². The Labute approximate surface area is 199 Å². The first kappa shape index (κ1) is 23.9. The summed E-state index contributed by atoms with van der Waals surface area (Å²) in [5.74, 6) is -0.574. The van der Waals surface area contributed by atoms with Crippen molar-refractivity contribution in [3.63, 3.8) is 0 Å². The maximum absolute atomic E-state index is 14.7. The molecule has 0 aromatic heterocycles. The lowest BCUT2D eigenvalue weighted by atomic mass is 9.99. The molecule has 0 fully saturated rings. The fourth-order valence-electron chi connectivity index (χ4n) is 3.66. The van der Waals surface area contributed by atoms with Crippen LogP contribution in [-0.2, 0) is 20.0 Å². The van der Waals surface area contributed by atoms with Crippen LogP contribution in [0.25, 0.3) is 0 Å². The summed E-state index contributed by atoms with van der Waals surface area (Å²) >= 11 is 0. The van der Waals surface area contributed by atoms with Gasteiger partial charge >= 0.3 is 0 Å². The van der Waals surface area contributed by atoms with Gasteiger partial charge in [-0.25, -0.2) is 12.8 Å². The quantitative estimate of drug-likeness (QED) is 0.518. The van der Waals surface area contributed by atoms with Crippen molar-refractivity contribution < 1.29 is 21.2 Å². The summed E-state index contributed by atoms with van der Waals surface area (Å²) in [5.41, 5.74) is 2.59. The maximum Gasteiger partial charge on any atom is 0.279 e. The first-order valence-corrected chi connectivity index (χ1v) is 13.7. The fraction of sp³-hybridized carbons (Fsp3) is 0.208. The van der Waals surface area contributed by atoms with Crippen LogP contribution in [0.15, 0.2) is 82.8 Å². The third kappa shape index (κ3) is 4.83. The van der Waals surface area contributed by atoms with Gasteiger partial charge in [-0.1, -0.05) is 48.0 Å². The van der Waals surface area contributed by atoms with E-state index in [2.05, 4.69) is 9.82 Å². The molecule has 0 saturated heterocycles. The molecule has 1 aliphatic heterocycles. The van der Waals surface area contributed by atoms with Crippen LogP contribution < -0.4 is 4.72 Å². The first-order valence-electron chi connectivity index (χ1n) is 10.6. The van der Waals surface area contributed by atoms with Crippen LogP contribution in [0.4, 0.5) is 10.1 Å². The molecule has 34 heavy (non-hydrogen) atoms. The van der Waals surface area contributed by atoms with E-state index >= 15 is 0 Å². The van der Waals surface area contributed by atoms with Crippen molar-refractivity contribution in [1.29, 1.82) is 0 Å². The summed E-state index contributed by atoms with van der Waals surface area (Å²) in [7, 11) is -7.48. The van der Waals surface area contributed by atoms with E-state index in [9.17, 15) is 21.2 Å². The van der Waals surface area contributed by atoms with Crippen molar-refractivity contribution in [3.05, 3.63) is 95.3 Å². The lowest BCUT2D eigenvalue weighted by molar-refractivity contribution is 0.362. The van der Waals surface area contributed by atoms with Crippen LogP contribution in [0.1, 0.15) is 36.1 Å². The van der Waals surface area contributed by atoms with Crippen molar-refractivity contribution in [3.8, 4) is 0 Å². The van der Waals surface area contributed by atoms with Crippen molar-refractivity contribution >= 4 is 31.4 Å². The summed E-state index contributed by atoms with van der Waals surface area (Å²) in [6, 6.07) is 18.1. The van der Waals surface area contributed by atoms with E-state index in [4.69, 9.17) is 0 Å². The molecule has 4 rings (SSSR count). The van der Waals surface area contributed by atoms with E-state index in [1.807, 2.05) is 6.92 Å². The largest absolute Gasteiger partial charge is 0.284 e. The average Bonchev–Trinajstić information content (AvgIpc) is 3.26. The number of sulfonamides is 2. The average molecular weight is 502 g/mol. The second-order valence-electron chi connectivity index (χ2n) is 7.96. The zero-order valence-electron chi connectivity index (χ0n) is 18.6. The van der Waals surface area contributed by atoms with Crippen molar-refractivity contribution in [1.82, 2.24) is 4.41 Å². The zero-order valence-corrected chi connectivity index (χ0v) is 20.3. The smallest absolute Gasteiger partial charge is 0.279 e. The Morgan fingerprint density at radius 1 is 0.971 bits per heavy atom. The number of anilines is 1. The lowest BCUT2D eigenvalue weighted by Crippen LogP contribution is -2.28. The van der Waals surface area contributed by atoms with Gasteiger partial charge in [-0.15, -0.1) is 0 Å². The van der Waals surface area contributed by atoms with Crippen molar-refractivity contribution in [2.75, 3.05) is 10.5 Å². The third-order valence-corrected chi connectivity index (χ3v) is 8.58. The van der Waals surface area contributed by atoms with E-state index in [0.29, 0.717) is 17.0 Å². The Kier molecular flexibility index (Phi) is 6.46. The molecule has 1 atom stereocenters. The summed E-state index contributed by atoms with van der Waals surface area (Å²) < 4.78 is 68.7. The Morgan fingerprint density at radius 3 is 2.24 bits per heavy atom. The maximum atomic E-state index is 14.7. The molecule has 10 heteroatoms. The van der Waals surface area contributed by atoms with E-state index in [1.165, 1.54) is 25.1 Å². The summed E-state index contributed by atoms with van der Waals surface area (Å²) in [4.78, 5) is 0.0637. The van der Waals surface area contributed by atoms with Gasteiger partial charge in [-0.2, -0.15) is 17.9 Å². The van der Waals surface area contributed by atoms with Crippen LogP contribution in [0.5, 0.6) is 0 Å². The van der Waals surface area contributed by atoms with Crippen LogP contribution >= 0.6 is 0 Å². The summed E-state index contributed by atoms with van der Waals surface area (Å²) in [6.07, 6.45) is 0.159. The number of aryl methyl sites for hydroxylation is 1. The fourth-order valence-corrected chi connectivity index (χ4v) is 5.73. The van der Waals surface area contributed by atoms with E-state index in [0.717, 1.165) is 9.98 Å². The highest BCUT2D eigenvalue weighted by atomic mass is 32.2. The number of nitrogens with one attached hydrogen (secondary N) is 1. The minimum Gasteiger partial charge on any atom is -0.284 e. The highest BCUT2D eigenvalue weighted by molar-refractivity contribution is 7.92. The summed E-state index contributed by atoms with van der Waals surface area (Å²) in [6.45, 7) is 3.39. The standard InChI is InChI=1S/C24H24FN3O4S2/c1-3-33(29,30)27-19-12-10-18(11-13-19)23-16-24(21-6-4-5-7-22(21)25)28(26-23)34(31,32)20-14-8-17(2)9-15-20/h4-15,24,27H,3,16H2,1-2H3/t24-/m1/s1. The van der Waals surface area contributed by atoms with Crippen LogP contribution in [0.2, 0.25) is 0 Å². The lowest BCUT2D eigenvalue weighted by Gasteiger charge is -2.23. The molecule has 3 aromatic carbocycles. The molecule has 178 valence electrons. The molecule has 0 amide bonds. The highest BCUT2D eigenvalue weighted by Gasteiger charge is 2.38. The Bertz CT molecular complexity index is 1440. The molecule has 0 bridgehead atoms. The highest BCUT2D eigenvalue weighted by Crippen LogP contribution is 2.38. The van der Waals surface area contributed by atoms with Crippen LogP contribution in [0, 0.1) is 12.7 Å². The number of rotatable bonds is 7. The molecule has 0 spiro atoms. The number of halogens is 1. The molecular formula is C24H24FN3O4S2. The topological polar surface area (TPSA) is 95.9 Å². The molecule has 1 heterocycles.